The van der Waals surface area contributed by atoms with Crippen molar-refractivity contribution in [3.8, 4) is 11.5 Å². The number of aromatic nitrogens is 2. The van der Waals surface area contributed by atoms with Crippen LogP contribution in [0.4, 0.5) is 0 Å². The van der Waals surface area contributed by atoms with Crippen molar-refractivity contribution in [2.75, 3.05) is 46.9 Å². The van der Waals surface area contributed by atoms with E-state index < -0.39 is 0 Å². The molecule has 3 rings (SSSR count). The van der Waals surface area contributed by atoms with Crippen LogP contribution < -0.4 is 9.47 Å². The first kappa shape index (κ1) is 17.3. The van der Waals surface area contributed by atoms with Gasteiger partial charge >= 0.3 is 0 Å². The summed E-state index contributed by atoms with van der Waals surface area (Å²) in [5.74, 6) is 1.06. The number of ether oxygens (including phenoxy) is 2. The first-order valence-corrected chi connectivity index (χ1v) is 8.41. The SMILES string of the molecule is COc1cccc(C(=O)N2CCN(CCn3ccnc3)CC2)c1OC. The van der Waals surface area contributed by atoms with Gasteiger partial charge in [-0.05, 0) is 12.1 Å². The lowest BCUT2D eigenvalue weighted by Gasteiger charge is -2.35. The molecule has 1 fully saturated rings. The number of rotatable bonds is 6. The fourth-order valence-electron chi connectivity index (χ4n) is 3.08. The van der Waals surface area contributed by atoms with Crippen molar-refractivity contribution in [2.24, 2.45) is 0 Å². The molecule has 1 aromatic heterocycles. The normalized spacial score (nSPS) is 15.2. The molecule has 134 valence electrons. The van der Waals surface area contributed by atoms with Gasteiger partial charge < -0.3 is 18.9 Å². The molecule has 1 aromatic carbocycles. The molecule has 25 heavy (non-hydrogen) atoms. The molecule has 7 heteroatoms. The Morgan fingerprint density at radius 1 is 1.12 bits per heavy atom. The summed E-state index contributed by atoms with van der Waals surface area (Å²) in [5.41, 5.74) is 0.550. The van der Waals surface area contributed by atoms with Crippen LogP contribution in [0.2, 0.25) is 0 Å². The van der Waals surface area contributed by atoms with Gasteiger partial charge in [0.05, 0.1) is 26.1 Å². The molecule has 1 aliphatic rings. The summed E-state index contributed by atoms with van der Waals surface area (Å²) in [6.07, 6.45) is 5.59. The lowest BCUT2D eigenvalue weighted by atomic mass is 10.1. The topological polar surface area (TPSA) is 59.8 Å². The zero-order chi connectivity index (χ0) is 17.6. The Kier molecular flexibility index (Phi) is 5.55. The maximum absolute atomic E-state index is 12.9. The predicted octanol–water partition coefficient (Wildman–Crippen LogP) is 1.36. The highest BCUT2D eigenvalue weighted by molar-refractivity contribution is 5.97. The van der Waals surface area contributed by atoms with Gasteiger partial charge in [-0.25, -0.2) is 4.98 Å². The zero-order valence-electron chi connectivity index (χ0n) is 14.7. The summed E-state index contributed by atoms with van der Waals surface area (Å²) in [7, 11) is 3.13. The molecule has 2 aromatic rings. The Hall–Kier alpha value is -2.54. The van der Waals surface area contributed by atoms with E-state index in [0.29, 0.717) is 30.2 Å². The van der Waals surface area contributed by atoms with Gasteiger partial charge in [0.15, 0.2) is 11.5 Å². The van der Waals surface area contributed by atoms with E-state index >= 15 is 0 Å². The Labute approximate surface area is 147 Å². The molecule has 0 bridgehead atoms. The zero-order valence-corrected chi connectivity index (χ0v) is 14.7. The van der Waals surface area contributed by atoms with E-state index in [1.54, 1.807) is 32.5 Å². The van der Waals surface area contributed by atoms with Crippen LogP contribution in [0.3, 0.4) is 0 Å². The molecule has 1 amide bonds. The molecule has 1 saturated heterocycles. The number of hydrogen-bond donors (Lipinski definition) is 0. The second kappa shape index (κ2) is 8.02. The van der Waals surface area contributed by atoms with Crippen LogP contribution in [0, 0.1) is 0 Å². The standard InChI is InChI=1S/C18H24N4O3/c1-24-16-5-3-4-15(17(16)25-2)18(23)22-12-10-20(11-13-22)8-9-21-7-6-19-14-21/h3-7,14H,8-13H2,1-2H3. The van der Waals surface area contributed by atoms with Gasteiger partial charge in [-0.2, -0.15) is 0 Å². The van der Waals surface area contributed by atoms with Gasteiger partial charge in [0.1, 0.15) is 0 Å². The average molecular weight is 344 g/mol. The minimum Gasteiger partial charge on any atom is -0.493 e. The van der Waals surface area contributed by atoms with Crippen LogP contribution in [0.25, 0.3) is 0 Å². The van der Waals surface area contributed by atoms with Crippen molar-refractivity contribution >= 4 is 5.91 Å². The van der Waals surface area contributed by atoms with E-state index in [4.69, 9.17) is 9.47 Å². The van der Waals surface area contributed by atoms with E-state index in [1.165, 1.54) is 0 Å². The summed E-state index contributed by atoms with van der Waals surface area (Å²) in [6.45, 7) is 5.03. The Morgan fingerprint density at radius 2 is 1.92 bits per heavy atom. The van der Waals surface area contributed by atoms with Gasteiger partial charge in [-0.15, -0.1) is 0 Å². The summed E-state index contributed by atoms with van der Waals surface area (Å²) in [6, 6.07) is 5.40. The third-order valence-corrected chi connectivity index (χ3v) is 4.53. The van der Waals surface area contributed by atoms with Crippen molar-refractivity contribution in [1.82, 2.24) is 19.4 Å². The van der Waals surface area contributed by atoms with E-state index in [0.717, 1.165) is 26.2 Å². The highest BCUT2D eigenvalue weighted by Gasteiger charge is 2.25. The fraction of sp³-hybridized carbons (Fsp3) is 0.444. The number of nitrogens with zero attached hydrogens (tertiary/aromatic N) is 4. The number of para-hydroxylation sites is 1. The highest BCUT2D eigenvalue weighted by atomic mass is 16.5. The average Bonchev–Trinajstić information content (AvgIpc) is 3.19. The van der Waals surface area contributed by atoms with Crippen LogP contribution in [0.15, 0.2) is 36.9 Å². The summed E-state index contributed by atoms with van der Waals surface area (Å²) < 4.78 is 12.7. The number of amides is 1. The number of carbonyl (C=O) groups is 1. The molecule has 0 aliphatic carbocycles. The maximum atomic E-state index is 12.9. The number of piperazine rings is 1. The highest BCUT2D eigenvalue weighted by Crippen LogP contribution is 2.31. The van der Waals surface area contributed by atoms with Crippen molar-refractivity contribution < 1.29 is 14.3 Å². The first-order valence-electron chi connectivity index (χ1n) is 8.41. The van der Waals surface area contributed by atoms with Gasteiger partial charge in [0.25, 0.3) is 5.91 Å². The summed E-state index contributed by atoms with van der Waals surface area (Å²) >= 11 is 0. The predicted molar refractivity (Wildman–Crippen MR) is 94.1 cm³/mol. The lowest BCUT2D eigenvalue weighted by Crippen LogP contribution is -2.49. The number of benzene rings is 1. The van der Waals surface area contributed by atoms with Gasteiger partial charge in [-0.3, -0.25) is 9.69 Å². The molecule has 0 saturated carbocycles. The van der Waals surface area contributed by atoms with Gasteiger partial charge in [-0.1, -0.05) is 6.07 Å². The first-order chi connectivity index (χ1) is 12.2. The second-order valence-electron chi connectivity index (χ2n) is 5.98. The molecular weight excluding hydrogens is 320 g/mol. The third-order valence-electron chi connectivity index (χ3n) is 4.53. The van der Waals surface area contributed by atoms with E-state index in [9.17, 15) is 4.79 Å². The fourth-order valence-corrected chi connectivity index (χ4v) is 3.08. The van der Waals surface area contributed by atoms with Crippen LogP contribution >= 0.6 is 0 Å². The Balaban J connectivity index is 1.58. The van der Waals surface area contributed by atoms with Crippen LogP contribution in [-0.2, 0) is 6.54 Å². The monoisotopic (exact) mass is 344 g/mol. The van der Waals surface area contributed by atoms with Crippen molar-refractivity contribution in [1.29, 1.82) is 0 Å². The quantitative estimate of drug-likeness (QED) is 0.792. The third kappa shape index (κ3) is 3.93. The Morgan fingerprint density at radius 3 is 2.56 bits per heavy atom. The molecule has 1 aliphatic heterocycles. The van der Waals surface area contributed by atoms with Crippen LogP contribution in [0.5, 0.6) is 11.5 Å². The molecule has 2 heterocycles. The number of methoxy groups -OCH3 is 2. The van der Waals surface area contributed by atoms with E-state index in [1.807, 2.05) is 23.5 Å². The smallest absolute Gasteiger partial charge is 0.257 e. The van der Waals surface area contributed by atoms with Gasteiger partial charge in [0.2, 0.25) is 0 Å². The molecule has 0 spiro atoms. The van der Waals surface area contributed by atoms with Crippen LogP contribution in [0.1, 0.15) is 10.4 Å². The maximum Gasteiger partial charge on any atom is 0.257 e. The van der Waals surface area contributed by atoms with Crippen molar-refractivity contribution in [3.05, 3.63) is 42.5 Å². The summed E-state index contributed by atoms with van der Waals surface area (Å²) in [5, 5.41) is 0. The minimum atomic E-state index is -0.00925. The Bertz CT molecular complexity index is 694. The number of carbonyl (C=O) groups excluding carboxylic acids is 1. The molecule has 7 nitrogen and oxygen atoms in total. The summed E-state index contributed by atoms with van der Waals surface area (Å²) in [4.78, 5) is 21.2. The minimum absolute atomic E-state index is 0.00925. The van der Waals surface area contributed by atoms with Crippen molar-refractivity contribution in [3.63, 3.8) is 0 Å². The van der Waals surface area contributed by atoms with Gasteiger partial charge in [0, 0.05) is 51.7 Å². The molecule has 0 N–H and O–H groups in total. The molecule has 0 unspecified atom stereocenters. The second-order valence-corrected chi connectivity index (χ2v) is 5.98. The van der Waals surface area contributed by atoms with E-state index in [-0.39, 0.29) is 5.91 Å². The molecule has 0 atom stereocenters. The molecular formula is C18H24N4O3. The number of imidazole rings is 1. The molecule has 0 radical (unpaired) electrons. The van der Waals surface area contributed by atoms with Crippen molar-refractivity contribution in [2.45, 2.75) is 6.54 Å². The number of hydrogen-bond acceptors (Lipinski definition) is 5. The van der Waals surface area contributed by atoms with E-state index in [2.05, 4.69) is 14.5 Å². The van der Waals surface area contributed by atoms with Crippen LogP contribution in [-0.4, -0.2) is 72.2 Å². The lowest BCUT2D eigenvalue weighted by molar-refractivity contribution is 0.0629. The largest absolute Gasteiger partial charge is 0.493 e.